The Morgan fingerprint density at radius 3 is 2.94 bits per heavy atom. The molecular formula is C23H21ClF2N2O4. The van der Waals surface area contributed by atoms with E-state index in [1.807, 2.05) is 6.08 Å². The van der Waals surface area contributed by atoms with Crippen LogP contribution in [-0.2, 0) is 16.1 Å². The van der Waals surface area contributed by atoms with Crippen molar-refractivity contribution in [2.45, 2.75) is 39.2 Å². The van der Waals surface area contributed by atoms with Crippen molar-refractivity contribution in [3.05, 3.63) is 58.7 Å². The van der Waals surface area contributed by atoms with E-state index in [-0.39, 0.29) is 30.0 Å². The maximum atomic E-state index is 14.3. The predicted octanol–water partition coefficient (Wildman–Crippen LogP) is 5.87. The molecule has 1 atom stereocenters. The van der Waals surface area contributed by atoms with Gasteiger partial charge in [-0.15, -0.1) is 0 Å². The van der Waals surface area contributed by atoms with Crippen LogP contribution in [0, 0.1) is 17.7 Å². The zero-order valence-corrected chi connectivity index (χ0v) is 18.1. The van der Waals surface area contributed by atoms with E-state index < -0.39 is 11.8 Å². The molecule has 0 spiro atoms. The van der Waals surface area contributed by atoms with Crippen molar-refractivity contribution >= 4 is 34.1 Å². The van der Waals surface area contributed by atoms with Gasteiger partial charge in [-0.25, -0.2) is 4.98 Å². The fraction of sp³-hybridized carbons (Fsp3) is 0.348. The smallest absolute Gasteiger partial charge is 0.306 e. The number of fused-ring (bicyclic) bond motifs is 1. The zero-order chi connectivity index (χ0) is 22.7. The number of nitrogens with zero attached hydrogens (tertiary/aromatic N) is 2. The third-order valence-corrected chi connectivity index (χ3v) is 5.66. The lowest BCUT2D eigenvalue weighted by Crippen LogP contribution is -2.14. The number of rotatable bonds is 7. The third kappa shape index (κ3) is 4.91. The first-order chi connectivity index (χ1) is 15.4. The number of hydrogen-bond donors (Lipinski definition) is 0. The summed E-state index contributed by atoms with van der Waals surface area (Å²) in [5.74, 6) is -0.534. The molecular weight excluding hydrogens is 442 g/mol. The molecule has 0 radical (unpaired) electrons. The number of furan rings is 1. The van der Waals surface area contributed by atoms with Gasteiger partial charge in [0.25, 0.3) is 11.9 Å². The molecule has 0 saturated heterocycles. The minimum absolute atomic E-state index is 0.0886. The minimum Gasteiger partial charge on any atom is -0.470 e. The number of halogens is 3. The molecule has 1 aromatic carbocycles. The lowest BCUT2D eigenvalue weighted by atomic mass is 9.87. The van der Waals surface area contributed by atoms with Crippen LogP contribution < -0.4 is 4.74 Å². The summed E-state index contributed by atoms with van der Waals surface area (Å²) in [5, 5.41) is 0.760. The van der Waals surface area contributed by atoms with Crippen molar-refractivity contribution in [3.8, 4) is 5.88 Å². The first kappa shape index (κ1) is 22.2. The Morgan fingerprint density at radius 2 is 2.19 bits per heavy atom. The number of esters is 1. The summed E-state index contributed by atoms with van der Waals surface area (Å²) in [7, 11) is 0. The maximum absolute atomic E-state index is 14.3. The van der Waals surface area contributed by atoms with E-state index in [4.69, 9.17) is 25.5 Å². The van der Waals surface area contributed by atoms with Crippen molar-refractivity contribution in [2.75, 3.05) is 6.61 Å². The molecule has 0 bridgehead atoms. The van der Waals surface area contributed by atoms with Crippen LogP contribution in [0.4, 0.5) is 8.78 Å². The van der Waals surface area contributed by atoms with Gasteiger partial charge in [0.05, 0.1) is 17.8 Å². The monoisotopic (exact) mass is 462 g/mol. The van der Waals surface area contributed by atoms with E-state index in [1.54, 1.807) is 19.1 Å². The van der Waals surface area contributed by atoms with E-state index in [2.05, 4.69) is 9.97 Å². The largest absolute Gasteiger partial charge is 0.470 e. The standard InChI is InChI=1S/C23H21ClF2N2O4/c1-2-30-20(29)9-13-3-5-14(6-4-13)22-27-11-18(25)23(28-22)31-12-15-7-8-17(24)16-10-19(26)32-21(15)16/h5,7-8,10-11,13H,2-4,6,9,12H2,1H3. The number of allylic oxidation sites excluding steroid dienone is 2. The zero-order valence-electron chi connectivity index (χ0n) is 17.4. The predicted molar refractivity (Wildman–Crippen MR) is 114 cm³/mol. The molecule has 0 aliphatic heterocycles. The fourth-order valence-electron chi connectivity index (χ4n) is 3.72. The van der Waals surface area contributed by atoms with Gasteiger partial charge >= 0.3 is 5.97 Å². The number of benzene rings is 1. The van der Waals surface area contributed by atoms with Gasteiger partial charge in [-0.05, 0) is 43.7 Å². The maximum Gasteiger partial charge on any atom is 0.306 e. The van der Waals surface area contributed by atoms with E-state index in [0.717, 1.165) is 18.2 Å². The number of hydrogen-bond acceptors (Lipinski definition) is 6. The quantitative estimate of drug-likeness (QED) is 0.409. The van der Waals surface area contributed by atoms with Crippen LogP contribution in [-0.4, -0.2) is 22.5 Å². The Morgan fingerprint density at radius 1 is 1.34 bits per heavy atom. The Kier molecular flexibility index (Phi) is 6.69. The molecule has 0 fully saturated rings. The SMILES string of the molecule is CCOC(=O)CC1CC=C(c2ncc(F)c(OCc3ccc(Cl)c4cc(F)oc34)n2)CC1. The molecule has 1 unspecified atom stereocenters. The summed E-state index contributed by atoms with van der Waals surface area (Å²) in [6.07, 6.45) is 5.55. The van der Waals surface area contributed by atoms with Gasteiger partial charge < -0.3 is 13.9 Å². The van der Waals surface area contributed by atoms with Crippen LogP contribution in [0.25, 0.3) is 16.5 Å². The van der Waals surface area contributed by atoms with Crippen LogP contribution in [0.2, 0.25) is 5.02 Å². The van der Waals surface area contributed by atoms with Crippen molar-refractivity contribution in [3.63, 3.8) is 0 Å². The van der Waals surface area contributed by atoms with Gasteiger partial charge in [0.15, 0.2) is 5.82 Å². The van der Waals surface area contributed by atoms with Crippen molar-refractivity contribution in [1.29, 1.82) is 0 Å². The van der Waals surface area contributed by atoms with Gasteiger partial charge in [-0.3, -0.25) is 4.79 Å². The fourth-order valence-corrected chi connectivity index (χ4v) is 3.92. The number of carbonyl (C=O) groups excluding carboxylic acids is 1. The normalized spacial score (nSPS) is 16.1. The van der Waals surface area contributed by atoms with Crippen LogP contribution in [0.5, 0.6) is 5.88 Å². The number of carbonyl (C=O) groups is 1. The molecule has 2 aromatic heterocycles. The molecule has 2 heterocycles. The Hall–Kier alpha value is -3.00. The molecule has 0 amide bonds. The summed E-state index contributed by atoms with van der Waals surface area (Å²) < 4.78 is 43.4. The van der Waals surface area contributed by atoms with E-state index in [0.29, 0.717) is 47.7 Å². The first-order valence-electron chi connectivity index (χ1n) is 10.3. The van der Waals surface area contributed by atoms with Crippen molar-refractivity contribution in [1.82, 2.24) is 9.97 Å². The molecule has 32 heavy (non-hydrogen) atoms. The molecule has 168 valence electrons. The minimum atomic E-state index is -0.768. The molecule has 4 rings (SSSR count). The summed E-state index contributed by atoms with van der Waals surface area (Å²) in [5.41, 5.74) is 1.62. The van der Waals surface area contributed by atoms with Crippen molar-refractivity contribution < 1.29 is 27.5 Å². The van der Waals surface area contributed by atoms with E-state index in [9.17, 15) is 13.6 Å². The Labute approximate surface area is 188 Å². The average molecular weight is 463 g/mol. The van der Waals surface area contributed by atoms with Crippen LogP contribution in [0.1, 0.15) is 44.0 Å². The van der Waals surface area contributed by atoms with Gasteiger partial charge in [-0.2, -0.15) is 13.8 Å². The van der Waals surface area contributed by atoms with Gasteiger partial charge in [-0.1, -0.05) is 23.7 Å². The summed E-state index contributed by atoms with van der Waals surface area (Å²) in [4.78, 5) is 20.0. The molecule has 1 aliphatic rings. The summed E-state index contributed by atoms with van der Waals surface area (Å²) in [6.45, 7) is 2.06. The second-order valence-electron chi connectivity index (χ2n) is 7.51. The molecule has 3 aromatic rings. The van der Waals surface area contributed by atoms with Gasteiger partial charge in [0.2, 0.25) is 5.82 Å². The lowest BCUT2D eigenvalue weighted by Gasteiger charge is -2.20. The topological polar surface area (TPSA) is 74.5 Å². The second-order valence-corrected chi connectivity index (χ2v) is 7.92. The molecule has 0 N–H and O–H groups in total. The summed E-state index contributed by atoms with van der Waals surface area (Å²) in [6, 6.07) is 3.64. The third-order valence-electron chi connectivity index (χ3n) is 5.33. The molecule has 0 saturated carbocycles. The highest BCUT2D eigenvalue weighted by atomic mass is 35.5. The number of aromatic nitrogens is 2. The van der Waals surface area contributed by atoms with Crippen molar-refractivity contribution in [2.24, 2.45) is 5.92 Å². The first-order valence-corrected chi connectivity index (χ1v) is 10.7. The summed E-state index contributed by atoms with van der Waals surface area (Å²) >= 11 is 6.07. The van der Waals surface area contributed by atoms with Gasteiger partial charge in [0, 0.05) is 23.4 Å². The molecule has 9 heteroatoms. The highest BCUT2D eigenvalue weighted by molar-refractivity contribution is 6.35. The number of ether oxygens (including phenoxy) is 2. The average Bonchev–Trinajstić information content (AvgIpc) is 3.18. The van der Waals surface area contributed by atoms with Crippen LogP contribution >= 0.6 is 11.6 Å². The van der Waals surface area contributed by atoms with E-state index >= 15 is 0 Å². The Bertz CT molecular complexity index is 1180. The highest BCUT2D eigenvalue weighted by Crippen LogP contribution is 2.32. The van der Waals surface area contributed by atoms with Crippen LogP contribution in [0.3, 0.4) is 0 Å². The molecule has 1 aliphatic carbocycles. The second kappa shape index (κ2) is 9.65. The lowest BCUT2D eigenvalue weighted by molar-refractivity contribution is -0.144. The molecule has 6 nitrogen and oxygen atoms in total. The Balaban J connectivity index is 1.46. The highest BCUT2D eigenvalue weighted by Gasteiger charge is 2.21. The van der Waals surface area contributed by atoms with Gasteiger partial charge in [0.1, 0.15) is 12.2 Å². The van der Waals surface area contributed by atoms with Crippen LogP contribution in [0.15, 0.2) is 34.9 Å². The van der Waals surface area contributed by atoms with E-state index in [1.165, 1.54) is 6.07 Å².